The molecule has 1 fully saturated rings. The van der Waals surface area contributed by atoms with E-state index in [0.717, 1.165) is 5.57 Å². The molecule has 0 amide bonds. The maximum absolute atomic E-state index is 11.2. The Kier molecular flexibility index (Phi) is 2.67. The van der Waals surface area contributed by atoms with Crippen LogP contribution in [0, 0.1) is 16.0 Å². The molecule has 0 spiro atoms. The third kappa shape index (κ3) is 1.69. The molecule has 0 aromatic carbocycles. The van der Waals surface area contributed by atoms with Crippen LogP contribution in [0.15, 0.2) is 11.6 Å². The van der Waals surface area contributed by atoms with Crippen molar-refractivity contribution in [2.45, 2.75) is 38.0 Å². The number of rotatable bonds is 1. The van der Waals surface area contributed by atoms with E-state index in [1.54, 1.807) is 6.92 Å². The van der Waals surface area contributed by atoms with Crippen LogP contribution in [0.25, 0.3) is 0 Å². The van der Waals surface area contributed by atoms with Gasteiger partial charge in [-0.2, -0.15) is 0 Å². The van der Waals surface area contributed by atoms with Crippen molar-refractivity contribution in [3.63, 3.8) is 0 Å². The first-order chi connectivity index (χ1) is 7.50. The van der Waals surface area contributed by atoms with Gasteiger partial charge in [-0.3, -0.25) is 10.1 Å². The molecule has 88 valence electrons. The number of nitro groups is 1. The van der Waals surface area contributed by atoms with E-state index >= 15 is 0 Å². The van der Waals surface area contributed by atoms with E-state index in [-0.39, 0.29) is 5.92 Å². The molecule has 0 saturated heterocycles. The normalized spacial score (nSPS) is 38.4. The Hall–Kier alpha value is -1.43. The molecule has 1 aliphatic carbocycles. The Balaban J connectivity index is 2.31. The van der Waals surface area contributed by atoms with Gasteiger partial charge in [-0.1, -0.05) is 5.57 Å². The molecular formula is C10H13NO5. The molecule has 1 aliphatic heterocycles. The first-order valence-corrected chi connectivity index (χ1v) is 5.21. The average molecular weight is 227 g/mol. The second-order valence-corrected chi connectivity index (χ2v) is 4.32. The standard InChI is InChI=1S/C10H13NO5/c1-5-4-8(13)16-10-6(5)2-3-7(12)9(10)11(14)15/h4,6-7,9-10,12H,2-3H2,1H3. The number of aliphatic hydroxyl groups excluding tert-OH is 1. The molecule has 1 saturated carbocycles. The molecule has 2 rings (SSSR count). The van der Waals surface area contributed by atoms with Crippen LogP contribution in [0.5, 0.6) is 0 Å². The summed E-state index contributed by atoms with van der Waals surface area (Å²) in [6.07, 6.45) is 0.503. The largest absolute Gasteiger partial charge is 0.451 e. The van der Waals surface area contributed by atoms with Crippen molar-refractivity contribution < 1.29 is 19.6 Å². The van der Waals surface area contributed by atoms with Crippen LogP contribution in [0.4, 0.5) is 0 Å². The van der Waals surface area contributed by atoms with Gasteiger partial charge in [0.15, 0.2) is 6.10 Å². The molecule has 4 atom stereocenters. The zero-order valence-electron chi connectivity index (χ0n) is 8.83. The van der Waals surface area contributed by atoms with Crippen LogP contribution in [0.2, 0.25) is 0 Å². The Morgan fingerprint density at radius 3 is 2.88 bits per heavy atom. The summed E-state index contributed by atoms with van der Waals surface area (Å²) in [4.78, 5) is 21.5. The topological polar surface area (TPSA) is 89.7 Å². The predicted octanol–water partition coefficient (Wildman–Crippen LogP) is 0.274. The first kappa shape index (κ1) is 11.1. The number of hydrogen-bond acceptors (Lipinski definition) is 5. The first-order valence-electron chi connectivity index (χ1n) is 5.21. The zero-order valence-corrected chi connectivity index (χ0v) is 8.83. The second-order valence-electron chi connectivity index (χ2n) is 4.32. The third-order valence-corrected chi connectivity index (χ3v) is 3.33. The number of carbonyl (C=O) groups excluding carboxylic acids is 1. The van der Waals surface area contributed by atoms with Gasteiger partial charge in [0.1, 0.15) is 6.10 Å². The molecule has 6 nitrogen and oxygen atoms in total. The van der Waals surface area contributed by atoms with Gasteiger partial charge in [0.2, 0.25) is 0 Å². The minimum absolute atomic E-state index is 0.128. The molecule has 0 aromatic heterocycles. The second kappa shape index (κ2) is 3.86. The summed E-state index contributed by atoms with van der Waals surface area (Å²) < 4.78 is 4.99. The molecule has 1 N–H and O–H groups in total. The van der Waals surface area contributed by atoms with Gasteiger partial charge in [-0.05, 0) is 19.8 Å². The van der Waals surface area contributed by atoms with E-state index in [2.05, 4.69) is 0 Å². The highest BCUT2D eigenvalue weighted by molar-refractivity contribution is 5.84. The highest BCUT2D eigenvalue weighted by Crippen LogP contribution is 2.36. The number of aliphatic hydroxyl groups is 1. The minimum atomic E-state index is -1.20. The van der Waals surface area contributed by atoms with Crippen LogP contribution in [-0.2, 0) is 9.53 Å². The maximum atomic E-state index is 11.2. The zero-order chi connectivity index (χ0) is 11.9. The number of carbonyl (C=O) groups is 1. The lowest BCUT2D eigenvalue weighted by molar-refractivity contribution is -0.550. The molecule has 2 aliphatic rings. The number of ether oxygens (including phenoxy) is 1. The van der Waals surface area contributed by atoms with Crippen molar-refractivity contribution in [2.75, 3.05) is 0 Å². The van der Waals surface area contributed by atoms with Crippen molar-refractivity contribution in [1.82, 2.24) is 0 Å². The highest BCUT2D eigenvalue weighted by Gasteiger charge is 2.50. The summed E-state index contributed by atoms with van der Waals surface area (Å²) in [6, 6.07) is -1.20. The highest BCUT2D eigenvalue weighted by atomic mass is 16.6. The Labute approximate surface area is 92.0 Å². The van der Waals surface area contributed by atoms with Crippen LogP contribution >= 0.6 is 0 Å². The van der Waals surface area contributed by atoms with E-state index in [4.69, 9.17) is 4.74 Å². The van der Waals surface area contributed by atoms with E-state index in [0.29, 0.717) is 12.8 Å². The summed E-state index contributed by atoms with van der Waals surface area (Å²) in [5.74, 6) is -0.684. The fourth-order valence-electron chi connectivity index (χ4n) is 2.50. The predicted molar refractivity (Wildman–Crippen MR) is 53.2 cm³/mol. The maximum Gasteiger partial charge on any atom is 0.331 e. The lowest BCUT2D eigenvalue weighted by atomic mass is 9.76. The molecular weight excluding hydrogens is 214 g/mol. The van der Waals surface area contributed by atoms with Gasteiger partial charge in [0, 0.05) is 16.9 Å². The lowest BCUT2D eigenvalue weighted by Crippen LogP contribution is -2.54. The van der Waals surface area contributed by atoms with Gasteiger partial charge in [0.25, 0.3) is 6.04 Å². The quantitative estimate of drug-likeness (QED) is 0.394. The number of nitrogens with zero attached hydrogens (tertiary/aromatic N) is 1. The number of esters is 1. The summed E-state index contributed by atoms with van der Waals surface area (Å²) in [5.41, 5.74) is 0.806. The van der Waals surface area contributed by atoms with Crippen molar-refractivity contribution in [1.29, 1.82) is 0 Å². The summed E-state index contributed by atoms with van der Waals surface area (Å²) in [7, 11) is 0. The van der Waals surface area contributed by atoms with Crippen LogP contribution in [0.1, 0.15) is 19.8 Å². The Morgan fingerprint density at radius 2 is 2.25 bits per heavy atom. The van der Waals surface area contributed by atoms with E-state index in [9.17, 15) is 20.0 Å². The lowest BCUT2D eigenvalue weighted by Gasteiger charge is -2.37. The minimum Gasteiger partial charge on any atom is -0.451 e. The van der Waals surface area contributed by atoms with E-state index in [1.165, 1.54) is 6.08 Å². The molecule has 16 heavy (non-hydrogen) atoms. The smallest absolute Gasteiger partial charge is 0.331 e. The third-order valence-electron chi connectivity index (χ3n) is 3.33. The molecule has 1 heterocycles. The molecule has 4 unspecified atom stereocenters. The van der Waals surface area contributed by atoms with Crippen molar-refractivity contribution in [3.8, 4) is 0 Å². The van der Waals surface area contributed by atoms with Crippen molar-refractivity contribution in [3.05, 3.63) is 21.8 Å². The monoisotopic (exact) mass is 227 g/mol. The Morgan fingerprint density at radius 1 is 1.56 bits per heavy atom. The van der Waals surface area contributed by atoms with E-state index in [1.807, 2.05) is 0 Å². The SMILES string of the molecule is CC1=CC(=O)OC2C1CCC(O)C2[N+](=O)[O-]. The molecule has 6 heteroatoms. The van der Waals surface area contributed by atoms with Gasteiger partial charge in [0.05, 0.1) is 0 Å². The number of fused-ring (bicyclic) bond motifs is 1. The summed E-state index contributed by atoms with van der Waals surface area (Å²) >= 11 is 0. The number of hydrogen-bond donors (Lipinski definition) is 1. The van der Waals surface area contributed by atoms with Crippen LogP contribution < -0.4 is 0 Å². The fourth-order valence-corrected chi connectivity index (χ4v) is 2.50. The summed E-state index contributed by atoms with van der Waals surface area (Å²) in [6.45, 7) is 1.77. The van der Waals surface area contributed by atoms with Crippen molar-refractivity contribution in [2.24, 2.45) is 5.92 Å². The van der Waals surface area contributed by atoms with Crippen LogP contribution in [0.3, 0.4) is 0 Å². The average Bonchev–Trinajstić information content (AvgIpc) is 2.15. The molecule has 0 bridgehead atoms. The molecule has 0 aromatic rings. The Bertz CT molecular complexity index is 364. The van der Waals surface area contributed by atoms with Gasteiger partial charge in [-0.15, -0.1) is 0 Å². The van der Waals surface area contributed by atoms with E-state index < -0.39 is 29.1 Å². The molecule has 0 radical (unpaired) electrons. The van der Waals surface area contributed by atoms with Gasteiger partial charge < -0.3 is 9.84 Å². The van der Waals surface area contributed by atoms with Crippen molar-refractivity contribution >= 4 is 5.97 Å². The fraction of sp³-hybridized carbons (Fsp3) is 0.700. The van der Waals surface area contributed by atoms with Crippen LogP contribution in [-0.4, -0.2) is 34.2 Å². The van der Waals surface area contributed by atoms with Gasteiger partial charge >= 0.3 is 5.97 Å². The van der Waals surface area contributed by atoms with Gasteiger partial charge in [-0.25, -0.2) is 4.79 Å². The summed E-state index contributed by atoms with van der Waals surface area (Å²) in [5, 5.41) is 20.5.